The van der Waals surface area contributed by atoms with E-state index in [2.05, 4.69) is 20.0 Å². The molecule has 3 N–H and O–H groups in total. The Kier molecular flexibility index (Phi) is 8.52. The van der Waals surface area contributed by atoms with Crippen LogP contribution >= 0.6 is 35.3 Å². The fourth-order valence-corrected chi connectivity index (χ4v) is 5.16. The Balaban J connectivity index is 1.66. The number of halogens is 4. The van der Waals surface area contributed by atoms with Crippen LogP contribution in [0.2, 0.25) is 5.02 Å². The molecule has 3 aromatic rings. The maximum Gasteiger partial charge on any atom is 0.224 e. The van der Waals surface area contributed by atoms with Crippen LogP contribution in [0.5, 0.6) is 11.5 Å². The Morgan fingerprint density at radius 3 is 2.68 bits per heavy atom. The lowest BCUT2D eigenvalue weighted by molar-refractivity contribution is 0.470. The number of nitrogens with zero attached hydrogens (tertiary/aromatic N) is 3. The van der Waals surface area contributed by atoms with Gasteiger partial charge in [-0.05, 0) is 48.4 Å². The SMILES string of the molecule is CN/C(=C\C=N)c1nc(-c2ccc(F)nc2F)ccc1Oc1cc(F)c(SNC2=CSCN2C)cc1Cl. The molecule has 1 aromatic carbocycles. The second kappa shape index (κ2) is 11.8. The van der Waals surface area contributed by atoms with E-state index in [4.69, 9.17) is 21.7 Å². The number of pyridine rings is 2. The van der Waals surface area contributed by atoms with Gasteiger partial charge in [-0.3, -0.25) is 0 Å². The maximum absolute atomic E-state index is 14.9. The highest BCUT2D eigenvalue weighted by Crippen LogP contribution is 2.38. The molecular formula is C24H20ClF3N6OS2. The van der Waals surface area contributed by atoms with E-state index < -0.39 is 17.7 Å². The van der Waals surface area contributed by atoms with Gasteiger partial charge >= 0.3 is 0 Å². The first-order valence-corrected chi connectivity index (χ1v) is 12.9. The summed E-state index contributed by atoms with van der Waals surface area (Å²) in [6, 6.07) is 7.80. The van der Waals surface area contributed by atoms with Crippen molar-refractivity contribution in [2.75, 3.05) is 20.0 Å². The number of aromatic nitrogens is 2. The third-order valence-corrected chi connectivity index (χ3v) is 7.14. The van der Waals surface area contributed by atoms with Crippen molar-refractivity contribution < 1.29 is 17.9 Å². The molecule has 7 nitrogen and oxygen atoms in total. The summed E-state index contributed by atoms with van der Waals surface area (Å²) in [5.41, 5.74) is 0.677. The Morgan fingerprint density at radius 1 is 1.19 bits per heavy atom. The summed E-state index contributed by atoms with van der Waals surface area (Å²) in [5.74, 6) is -0.686. The monoisotopic (exact) mass is 564 g/mol. The first-order valence-electron chi connectivity index (χ1n) is 10.7. The number of rotatable bonds is 9. The molecule has 0 aliphatic carbocycles. The van der Waals surface area contributed by atoms with Crippen LogP contribution in [0.3, 0.4) is 0 Å². The zero-order valence-electron chi connectivity index (χ0n) is 19.5. The lowest BCUT2D eigenvalue weighted by Gasteiger charge is -2.17. The summed E-state index contributed by atoms with van der Waals surface area (Å²) in [4.78, 5) is 9.91. The molecule has 192 valence electrons. The lowest BCUT2D eigenvalue weighted by Crippen LogP contribution is -2.20. The molecule has 4 rings (SSSR count). The van der Waals surface area contributed by atoms with E-state index in [1.165, 1.54) is 30.3 Å². The van der Waals surface area contributed by atoms with Gasteiger partial charge in [0.05, 0.1) is 32.7 Å². The molecule has 0 unspecified atom stereocenters. The average molecular weight is 565 g/mol. The molecule has 37 heavy (non-hydrogen) atoms. The molecule has 0 amide bonds. The lowest BCUT2D eigenvalue weighted by atomic mass is 10.1. The first-order chi connectivity index (χ1) is 17.8. The van der Waals surface area contributed by atoms with Crippen LogP contribution in [-0.4, -0.2) is 41.1 Å². The zero-order chi connectivity index (χ0) is 26.5. The number of benzene rings is 1. The fraction of sp³-hybridized carbons (Fsp3) is 0.125. The van der Waals surface area contributed by atoms with E-state index >= 15 is 0 Å². The van der Waals surface area contributed by atoms with Crippen molar-refractivity contribution in [1.82, 2.24) is 24.9 Å². The van der Waals surface area contributed by atoms with E-state index in [9.17, 15) is 13.2 Å². The second-order valence-corrected chi connectivity index (χ2v) is 9.61. The fourth-order valence-electron chi connectivity index (χ4n) is 3.22. The molecule has 13 heteroatoms. The number of thioether (sulfide) groups is 1. The van der Waals surface area contributed by atoms with Gasteiger partial charge in [-0.1, -0.05) is 11.6 Å². The summed E-state index contributed by atoms with van der Waals surface area (Å²) in [5, 5.41) is 12.4. The molecular weight excluding hydrogens is 545 g/mol. The largest absolute Gasteiger partial charge is 0.453 e. The highest BCUT2D eigenvalue weighted by Gasteiger charge is 2.19. The van der Waals surface area contributed by atoms with Crippen molar-refractivity contribution in [3.05, 3.63) is 82.1 Å². The minimum absolute atomic E-state index is 0.0288. The van der Waals surface area contributed by atoms with Crippen LogP contribution in [0.25, 0.3) is 17.0 Å². The Morgan fingerprint density at radius 2 is 2.00 bits per heavy atom. The van der Waals surface area contributed by atoms with E-state index in [-0.39, 0.29) is 38.4 Å². The number of hydrogen-bond acceptors (Lipinski definition) is 9. The van der Waals surface area contributed by atoms with Gasteiger partial charge in [0.1, 0.15) is 23.1 Å². The standard InChI is InChI=1S/C24H20ClF3N6OS2/c1-30-17(7-8-29)23-18(5-4-16(31-23)13-3-6-21(27)32-24(13)28)35-19-10-15(26)20(9-14(19)25)37-33-22-11-36-12-34(22)2/h3-11,29-30,33H,12H2,1-2H3/b17-7-,29-8?. The molecule has 0 atom stereocenters. The van der Waals surface area contributed by atoms with E-state index in [0.29, 0.717) is 5.70 Å². The highest BCUT2D eigenvalue weighted by molar-refractivity contribution is 8.02. The third kappa shape index (κ3) is 6.14. The predicted octanol–water partition coefficient (Wildman–Crippen LogP) is 6.25. The van der Waals surface area contributed by atoms with Crippen molar-refractivity contribution in [1.29, 1.82) is 5.41 Å². The number of hydrogen-bond donors (Lipinski definition) is 3. The van der Waals surface area contributed by atoms with Gasteiger partial charge in [-0.25, -0.2) is 9.37 Å². The normalized spacial score (nSPS) is 13.4. The molecule has 2 aromatic heterocycles. The Bertz CT molecular complexity index is 1410. The molecule has 0 fully saturated rings. The van der Waals surface area contributed by atoms with Gasteiger partial charge in [0.2, 0.25) is 11.9 Å². The summed E-state index contributed by atoms with van der Waals surface area (Å²) in [6.07, 6.45) is 2.45. The van der Waals surface area contributed by atoms with Gasteiger partial charge in [0.25, 0.3) is 0 Å². The molecule has 0 saturated carbocycles. The quantitative estimate of drug-likeness (QED) is 0.160. The molecule has 0 spiro atoms. The second-order valence-electron chi connectivity index (χ2n) is 7.53. The van der Waals surface area contributed by atoms with E-state index in [1.807, 2.05) is 17.4 Å². The maximum atomic E-state index is 14.9. The van der Waals surface area contributed by atoms with Crippen molar-refractivity contribution in [2.24, 2.45) is 0 Å². The van der Waals surface area contributed by atoms with E-state index in [1.54, 1.807) is 18.8 Å². The molecule has 1 aliphatic rings. The predicted molar refractivity (Wildman–Crippen MR) is 142 cm³/mol. The first kappa shape index (κ1) is 26.7. The Labute approximate surface area is 224 Å². The van der Waals surface area contributed by atoms with Crippen LogP contribution in [0.1, 0.15) is 5.69 Å². The van der Waals surface area contributed by atoms with Crippen LogP contribution in [0.4, 0.5) is 13.2 Å². The van der Waals surface area contributed by atoms with Crippen LogP contribution in [0.15, 0.2) is 58.6 Å². The van der Waals surface area contributed by atoms with Crippen molar-refractivity contribution in [3.63, 3.8) is 0 Å². The molecule has 0 saturated heterocycles. The van der Waals surface area contributed by atoms with Crippen molar-refractivity contribution in [3.8, 4) is 22.8 Å². The van der Waals surface area contributed by atoms with Gasteiger partial charge < -0.3 is 25.1 Å². The number of allylic oxidation sites excluding steroid dienone is 1. The molecule has 0 bridgehead atoms. The molecule has 0 radical (unpaired) electrons. The van der Waals surface area contributed by atoms with Crippen LogP contribution < -0.4 is 14.8 Å². The van der Waals surface area contributed by atoms with E-state index in [0.717, 1.165) is 42.0 Å². The summed E-state index contributed by atoms with van der Waals surface area (Å²) < 4.78 is 51.5. The summed E-state index contributed by atoms with van der Waals surface area (Å²) >= 11 is 9.13. The van der Waals surface area contributed by atoms with Gasteiger partial charge in [-0.2, -0.15) is 13.8 Å². The average Bonchev–Trinajstić information content (AvgIpc) is 3.28. The topological polar surface area (TPSA) is 86.2 Å². The highest BCUT2D eigenvalue weighted by atomic mass is 35.5. The van der Waals surface area contributed by atoms with Crippen LogP contribution in [-0.2, 0) is 0 Å². The minimum Gasteiger partial charge on any atom is -0.453 e. The molecule has 3 heterocycles. The molecule has 1 aliphatic heterocycles. The zero-order valence-corrected chi connectivity index (χ0v) is 21.9. The van der Waals surface area contributed by atoms with Gasteiger partial charge in [-0.15, -0.1) is 11.8 Å². The Hall–Kier alpha value is -3.35. The third-order valence-electron chi connectivity index (χ3n) is 5.07. The van der Waals surface area contributed by atoms with Gasteiger partial charge in [0, 0.05) is 31.8 Å². The summed E-state index contributed by atoms with van der Waals surface area (Å²) in [7, 11) is 3.53. The van der Waals surface area contributed by atoms with Crippen molar-refractivity contribution in [2.45, 2.75) is 4.90 Å². The van der Waals surface area contributed by atoms with Gasteiger partial charge in [0.15, 0.2) is 5.75 Å². The summed E-state index contributed by atoms with van der Waals surface area (Å²) in [6.45, 7) is 0. The smallest absolute Gasteiger partial charge is 0.224 e. The van der Waals surface area contributed by atoms with Crippen molar-refractivity contribution >= 4 is 47.2 Å². The number of nitrogens with one attached hydrogen (secondary N) is 3. The van der Waals surface area contributed by atoms with Crippen LogP contribution in [0, 0.1) is 23.1 Å². The number of ether oxygens (including phenoxy) is 1. The minimum atomic E-state index is -1.03.